The van der Waals surface area contributed by atoms with Crippen LogP contribution in [0.1, 0.15) is 34.5 Å². The Morgan fingerprint density at radius 3 is 2.54 bits per heavy atom. The predicted octanol–water partition coefficient (Wildman–Crippen LogP) is 5.72. The molecule has 3 aromatic carbocycles. The standard InChI is InChI=1S/C22H19ClF2N2O/c1-14(16-9-10-20(24)21(25)12-16)26-13-15-5-4-6-17(11-15)27-22(28)18-7-2-3-8-19(18)23/h2-12,14,26H,13H2,1H3,(H,27,28)/t14-/m1/s1. The van der Waals surface area contributed by atoms with Crippen LogP contribution in [0.4, 0.5) is 14.5 Å². The molecule has 1 amide bonds. The fourth-order valence-electron chi connectivity index (χ4n) is 2.77. The fraction of sp³-hybridized carbons (Fsp3) is 0.136. The van der Waals surface area contributed by atoms with Gasteiger partial charge in [-0.05, 0) is 54.4 Å². The minimum Gasteiger partial charge on any atom is -0.322 e. The van der Waals surface area contributed by atoms with E-state index in [-0.39, 0.29) is 11.9 Å². The average Bonchev–Trinajstić information content (AvgIpc) is 2.69. The van der Waals surface area contributed by atoms with Gasteiger partial charge < -0.3 is 10.6 Å². The van der Waals surface area contributed by atoms with E-state index in [1.54, 1.807) is 36.4 Å². The highest BCUT2D eigenvalue weighted by molar-refractivity contribution is 6.34. The van der Waals surface area contributed by atoms with Crippen molar-refractivity contribution in [3.63, 3.8) is 0 Å². The first kappa shape index (κ1) is 20.0. The largest absolute Gasteiger partial charge is 0.322 e. The summed E-state index contributed by atoms with van der Waals surface area (Å²) in [7, 11) is 0. The highest BCUT2D eigenvalue weighted by Gasteiger charge is 2.11. The molecule has 0 bridgehead atoms. The van der Waals surface area contributed by atoms with Gasteiger partial charge in [0.05, 0.1) is 10.6 Å². The molecule has 2 N–H and O–H groups in total. The molecule has 0 aromatic heterocycles. The van der Waals surface area contributed by atoms with Gasteiger partial charge >= 0.3 is 0 Å². The second-order valence-corrected chi connectivity index (χ2v) is 6.82. The smallest absolute Gasteiger partial charge is 0.257 e. The van der Waals surface area contributed by atoms with E-state index in [4.69, 9.17) is 11.6 Å². The molecule has 0 unspecified atom stereocenters. The van der Waals surface area contributed by atoms with Crippen LogP contribution in [0.5, 0.6) is 0 Å². The molecule has 144 valence electrons. The van der Waals surface area contributed by atoms with Crippen molar-refractivity contribution in [2.24, 2.45) is 0 Å². The Hall–Kier alpha value is -2.76. The van der Waals surface area contributed by atoms with E-state index in [1.807, 2.05) is 25.1 Å². The zero-order valence-electron chi connectivity index (χ0n) is 15.2. The van der Waals surface area contributed by atoms with Crippen LogP contribution in [-0.2, 0) is 6.54 Å². The normalized spacial score (nSPS) is 11.9. The number of anilines is 1. The first-order valence-electron chi connectivity index (χ1n) is 8.77. The lowest BCUT2D eigenvalue weighted by Crippen LogP contribution is -2.18. The molecule has 0 heterocycles. The lowest BCUT2D eigenvalue weighted by atomic mass is 10.1. The molecule has 0 aliphatic rings. The maximum Gasteiger partial charge on any atom is 0.257 e. The van der Waals surface area contributed by atoms with E-state index >= 15 is 0 Å². The summed E-state index contributed by atoms with van der Waals surface area (Å²) >= 11 is 6.06. The molecule has 6 heteroatoms. The number of hydrogen-bond acceptors (Lipinski definition) is 2. The van der Waals surface area contributed by atoms with Crippen LogP contribution >= 0.6 is 11.6 Å². The molecule has 0 aliphatic heterocycles. The van der Waals surface area contributed by atoms with Gasteiger partial charge in [0, 0.05) is 18.3 Å². The van der Waals surface area contributed by atoms with E-state index in [9.17, 15) is 13.6 Å². The number of nitrogens with one attached hydrogen (secondary N) is 2. The Labute approximate surface area is 167 Å². The second-order valence-electron chi connectivity index (χ2n) is 6.41. The highest BCUT2D eigenvalue weighted by atomic mass is 35.5. The van der Waals surface area contributed by atoms with E-state index < -0.39 is 11.6 Å². The molecule has 3 rings (SSSR count). The van der Waals surface area contributed by atoms with Gasteiger partial charge in [-0.2, -0.15) is 0 Å². The van der Waals surface area contributed by atoms with E-state index in [2.05, 4.69) is 10.6 Å². The van der Waals surface area contributed by atoms with Crippen LogP contribution in [0, 0.1) is 11.6 Å². The van der Waals surface area contributed by atoms with Gasteiger partial charge in [0.2, 0.25) is 0 Å². The Kier molecular flexibility index (Phi) is 6.39. The van der Waals surface area contributed by atoms with Gasteiger partial charge in [-0.3, -0.25) is 4.79 Å². The van der Waals surface area contributed by atoms with Crippen molar-refractivity contribution in [3.8, 4) is 0 Å². The van der Waals surface area contributed by atoms with E-state index in [0.29, 0.717) is 28.4 Å². The predicted molar refractivity (Wildman–Crippen MR) is 107 cm³/mol. The summed E-state index contributed by atoms with van der Waals surface area (Å²) in [5, 5.41) is 6.48. The van der Waals surface area contributed by atoms with Crippen molar-refractivity contribution in [2.45, 2.75) is 19.5 Å². The van der Waals surface area contributed by atoms with Crippen LogP contribution in [-0.4, -0.2) is 5.91 Å². The zero-order valence-corrected chi connectivity index (χ0v) is 15.9. The molecule has 0 fully saturated rings. The Balaban J connectivity index is 1.64. The van der Waals surface area contributed by atoms with Gasteiger partial charge in [0.25, 0.3) is 5.91 Å². The lowest BCUT2D eigenvalue weighted by molar-refractivity contribution is 0.102. The topological polar surface area (TPSA) is 41.1 Å². The van der Waals surface area contributed by atoms with Gasteiger partial charge in [-0.1, -0.05) is 41.9 Å². The molecule has 0 saturated carbocycles. The molecule has 1 atom stereocenters. The summed E-state index contributed by atoms with van der Waals surface area (Å²) in [5.74, 6) is -2.01. The Bertz CT molecular complexity index is 994. The van der Waals surface area contributed by atoms with Gasteiger partial charge in [-0.25, -0.2) is 8.78 Å². The maximum absolute atomic E-state index is 13.4. The monoisotopic (exact) mass is 400 g/mol. The third-order valence-electron chi connectivity index (χ3n) is 4.36. The van der Waals surface area contributed by atoms with Crippen LogP contribution in [0.3, 0.4) is 0 Å². The number of benzene rings is 3. The summed E-state index contributed by atoms with van der Waals surface area (Å²) in [4.78, 5) is 12.4. The second kappa shape index (κ2) is 8.95. The summed E-state index contributed by atoms with van der Waals surface area (Å²) in [6, 6.07) is 17.9. The van der Waals surface area contributed by atoms with Gasteiger partial charge in [0.15, 0.2) is 11.6 Å². The first-order valence-corrected chi connectivity index (χ1v) is 9.15. The van der Waals surface area contributed by atoms with Crippen molar-refractivity contribution >= 4 is 23.2 Å². The quantitative estimate of drug-likeness (QED) is 0.555. The minimum absolute atomic E-state index is 0.170. The average molecular weight is 401 g/mol. The molecule has 3 nitrogen and oxygen atoms in total. The third kappa shape index (κ3) is 4.94. The van der Waals surface area contributed by atoms with E-state index in [1.165, 1.54) is 6.07 Å². The fourth-order valence-corrected chi connectivity index (χ4v) is 2.99. The molecular formula is C22H19ClF2N2O. The third-order valence-corrected chi connectivity index (χ3v) is 4.69. The number of hydrogen-bond donors (Lipinski definition) is 2. The van der Waals surface area contributed by atoms with Crippen molar-refractivity contribution in [2.75, 3.05) is 5.32 Å². The molecule has 0 radical (unpaired) electrons. The van der Waals surface area contributed by atoms with Crippen LogP contribution in [0.15, 0.2) is 66.7 Å². The highest BCUT2D eigenvalue weighted by Crippen LogP contribution is 2.19. The van der Waals surface area contributed by atoms with Crippen molar-refractivity contribution in [3.05, 3.63) is 100 Å². The number of rotatable bonds is 6. The summed E-state index contributed by atoms with van der Waals surface area (Å²) < 4.78 is 26.5. The lowest BCUT2D eigenvalue weighted by Gasteiger charge is -2.15. The Morgan fingerprint density at radius 1 is 1.00 bits per heavy atom. The van der Waals surface area contributed by atoms with Crippen molar-refractivity contribution < 1.29 is 13.6 Å². The zero-order chi connectivity index (χ0) is 20.1. The Morgan fingerprint density at radius 2 is 1.79 bits per heavy atom. The van der Waals surface area contributed by atoms with Gasteiger partial charge in [-0.15, -0.1) is 0 Å². The van der Waals surface area contributed by atoms with E-state index in [0.717, 1.165) is 11.6 Å². The molecule has 0 aliphatic carbocycles. The summed E-state index contributed by atoms with van der Waals surface area (Å²) in [5.41, 5.74) is 2.64. The first-order chi connectivity index (χ1) is 13.4. The number of carbonyl (C=O) groups excluding carboxylic acids is 1. The number of halogens is 3. The minimum atomic E-state index is -0.865. The van der Waals surface area contributed by atoms with Crippen LogP contribution < -0.4 is 10.6 Å². The summed E-state index contributed by atoms with van der Waals surface area (Å²) in [6.07, 6.45) is 0. The molecule has 0 spiro atoms. The van der Waals surface area contributed by atoms with Crippen molar-refractivity contribution in [1.82, 2.24) is 5.32 Å². The van der Waals surface area contributed by atoms with Gasteiger partial charge in [0.1, 0.15) is 0 Å². The number of amides is 1. The van der Waals surface area contributed by atoms with Crippen molar-refractivity contribution in [1.29, 1.82) is 0 Å². The molecule has 28 heavy (non-hydrogen) atoms. The SMILES string of the molecule is C[C@@H](NCc1cccc(NC(=O)c2ccccc2Cl)c1)c1ccc(F)c(F)c1. The van der Waals surface area contributed by atoms with Crippen LogP contribution in [0.25, 0.3) is 0 Å². The summed E-state index contributed by atoms with van der Waals surface area (Å²) in [6.45, 7) is 2.37. The maximum atomic E-state index is 13.4. The molecule has 3 aromatic rings. The molecule has 0 saturated heterocycles. The number of carbonyl (C=O) groups is 1. The van der Waals surface area contributed by atoms with Crippen LogP contribution in [0.2, 0.25) is 5.02 Å². The molecular weight excluding hydrogens is 382 g/mol.